The van der Waals surface area contributed by atoms with Crippen molar-refractivity contribution >= 4 is 52.9 Å². The second-order valence-electron chi connectivity index (χ2n) is 14.5. The number of benzene rings is 3. The molecule has 0 radical (unpaired) electrons. The summed E-state index contributed by atoms with van der Waals surface area (Å²) in [7, 11) is 1.85. The van der Waals surface area contributed by atoms with E-state index in [1.165, 1.54) is 0 Å². The van der Waals surface area contributed by atoms with E-state index in [2.05, 4.69) is 27.0 Å². The van der Waals surface area contributed by atoms with Gasteiger partial charge in [-0.2, -0.15) is 0 Å². The quantitative estimate of drug-likeness (QED) is 0.0574. The normalized spacial score (nSPS) is 15.1. The van der Waals surface area contributed by atoms with Crippen molar-refractivity contribution in [1.29, 1.82) is 0 Å². The lowest BCUT2D eigenvalue weighted by atomic mass is 10.0. The number of nitrogens with two attached hydrogens (primary N) is 1. The number of fused-ring (bicyclic) bond motifs is 1. The zero-order chi connectivity index (χ0) is 40.3. The molecule has 1 unspecified atom stereocenters. The van der Waals surface area contributed by atoms with E-state index in [-0.39, 0.29) is 29.9 Å². The third-order valence-corrected chi connectivity index (χ3v) is 11.2. The van der Waals surface area contributed by atoms with Crippen molar-refractivity contribution in [2.45, 2.75) is 93.9 Å². The van der Waals surface area contributed by atoms with Crippen molar-refractivity contribution in [3.05, 3.63) is 101 Å². The summed E-state index contributed by atoms with van der Waals surface area (Å²) in [5, 5.41) is 14.0. The van der Waals surface area contributed by atoms with Gasteiger partial charge in [-0.1, -0.05) is 61.9 Å². The molecule has 0 bridgehead atoms. The summed E-state index contributed by atoms with van der Waals surface area (Å²) in [6.07, 6.45) is 11.0. The Balaban J connectivity index is 0.809. The largest absolute Gasteiger partial charge is 0.385 e. The Labute approximate surface area is 335 Å². The second kappa shape index (κ2) is 19.4. The Morgan fingerprint density at radius 1 is 0.895 bits per heavy atom. The highest BCUT2D eigenvalue weighted by atomic mass is 32.2. The molecule has 15 heteroatoms. The number of carbonyl (C=O) groups excluding carboxylic acids is 6. The molecule has 57 heavy (non-hydrogen) atoms. The molecule has 6 rings (SSSR count). The fraction of sp³-hybridized carbons (Fsp3) is 0.381. The van der Waals surface area contributed by atoms with Crippen LogP contribution in [-0.2, 0) is 26.7 Å². The van der Waals surface area contributed by atoms with Gasteiger partial charge < -0.3 is 16.0 Å². The fourth-order valence-corrected chi connectivity index (χ4v) is 7.87. The van der Waals surface area contributed by atoms with Crippen LogP contribution in [0.25, 0.3) is 5.69 Å². The van der Waals surface area contributed by atoms with Gasteiger partial charge in [0.25, 0.3) is 11.8 Å². The molecule has 0 spiro atoms. The minimum Gasteiger partial charge on any atom is -0.385 e. The van der Waals surface area contributed by atoms with E-state index in [1.807, 2.05) is 37.5 Å². The Bertz CT molecular complexity index is 2140. The smallest absolute Gasteiger partial charge is 0.262 e. The van der Waals surface area contributed by atoms with Crippen LogP contribution >= 0.6 is 11.8 Å². The number of imide groups is 2. The number of unbranched alkanes of at least 4 members (excludes halogenated alkanes) is 7. The summed E-state index contributed by atoms with van der Waals surface area (Å²) in [6.45, 7) is 1.28. The molecule has 6 amide bonds. The molecule has 1 atom stereocenters. The molecule has 14 nitrogen and oxygen atoms in total. The van der Waals surface area contributed by atoms with E-state index in [0.29, 0.717) is 30.0 Å². The number of hydrogen-bond acceptors (Lipinski definition) is 10. The highest BCUT2D eigenvalue weighted by Gasteiger charge is 2.44. The predicted molar refractivity (Wildman–Crippen MR) is 216 cm³/mol. The number of piperidine rings is 1. The molecule has 1 aromatic heterocycles. The number of thioether (sulfide) groups is 1. The average molecular weight is 793 g/mol. The van der Waals surface area contributed by atoms with E-state index in [1.54, 1.807) is 57.7 Å². The van der Waals surface area contributed by atoms with Gasteiger partial charge in [0.15, 0.2) is 0 Å². The summed E-state index contributed by atoms with van der Waals surface area (Å²) >= 11 is 1.64. The minimum absolute atomic E-state index is 0.0886. The number of anilines is 1. The number of carbonyl (C=O) groups is 6. The molecule has 1 fully saturated rings. The van der Waals surface area contributed by atoms with Crippen LogP contribution in [0.15, 0.2) is 77.8 Å². The Kier molecular flexibility index (Phi) is 13.9. The standard InChI is InChI=1S/C42H48N8O6S/c1-48(25-28-12-10-15-33(22-28)57-27-31-26-49(47-46-31)32-14-11-13-29(23-32)39(43)53)38(52)16-8-6-4-2-3-5-7-9-21-44-30-17-18-34-35(24-30)42(56)50(41(34)55)36-19-20-37(51)45-40(36)54/h10-15,17-18,22-24,26,36,44H,2-9,16,19-21,25,27H2,1H3,(H2,43,53)(H,45,51,54). The van der Waals surface area contributed by atoms with Gasteiger partial charge in [0, 0.05) is 54.9 Å². The van der Waals surface area contributed by atoms with Crippen LogP contribution in [0, 0.1) is 0 Å². The van der Waals surface area contributed by atoms with Crippen LogP contribution in [0.5, 0.6) is 0 Å². The monoisotopic (exact) mass is 792 g/mol. The molecule has 0 saturated carbocycles. The van der Waals surface area contributed by atoms with Crippen molar-refractivity contribution in [3.8, 4) is 5.69 Å². The summed E-state index contributed by atoms with van der Waals surface area (Å²) in [5.74, 6) is -1.76. The lowest BCUT2D eigenvalue weighted by molar-refractivity contribution is -0.136. The molecule has 4 aromatic rings. The first-order chi connectivity index (χ1) is 27.6. The predicted octanol–water partition coefficient (Wildman–Crippen LogP) is 5.64. The fourth-order valence-electron chi connectivity index (χ4n) is 7.01. The number of rotatable bonds is 20. The van der Waals surface area contributed by atoms with Crippen LogP contribution < -0.4 is 16.4 Å². The Morgan fingerprint density at radius 2 is 1.63 bits per heavy atom. The number of amides is 6. The van der Waals surface area contributed by atoms with Crippen molar-refractivity contribution in [1.82, 2.24) is 30.1 Å². The van der Waals surface area contributed by atoms with E-state index >= 15 is 0 Å². The maximum atomic E-state index is 13.1. The van der Waals surface area contributed by atoms with Crippen LogP contribution in [-0.4, -0.2) is 79.9 Å². The molecule has 1 saturated heterocycles. The lowest BCUT2D eigenvalue weighted by Gasteiger charge is -2.27. The van der Waals surface area contributed by atoms with Gasteiger partial charge in [-0.15, -0.1) is 16.9 Å². The van der Waals surface area contributed by atoms with Crippen LogP contribution in [0.1, 0.15) is 113 Å². The van der Waals surface area contributed by atoms with Gasteiger partial charge in [-0.25, -0.2) is 4.68 Å². The number of hydrogen-bond donors (Lipinski definition) is 3. The third-order valence-electron chi connectivity index (χ3n) is 10.2. The van der Waals surface area contributed by atoms with Gasteiger partial charge >= 0.3 is 0 Å². The zero-order valence-electron chi connectivity index (χ0n) is 32.1. The highest BCUT2D eigenvalue weighted by Crippen LogP contribution is 2.30. The first-order valence-corrected chi connectivity index (χ1v) is 20.4. The molecule has 298 valence electrons. The van der Waals surface area contributed by atoms with Gasteiger partial charge in [-0.3, -0.25) is 39.0 Å². The molecule has 0 aliphatic carbocycles. The second-order valence-corrected chi connectivity index (χ2v) is 15.5. The topological polar surface area (TPSA) is 190 Å². The number of aromatic nitrogens is 3. The van der Waals surface area contributed by atoms with E-state index in [0.717, 1.165) is 84.7 Å². The van der Waals surface area contributed by atoms with Crippen molar-refractivity contribution in [3.63, 3.8) is 0 Å². The van der Waals surface area contributed by atoms with Crippen molar-refractivity contribution < 1.29 is 28.8 Å². The summed E-state index contributed by atoms with van der Waals surface area (Å²) in [6, 6.07) is 19.2. The first-order valence-electron chi connectivity index (χ1n) is 19.4. The summed E-state index contributed by atoms with van der Waals surface area (Å²) in [4.78, 5) is 78.0. The zero-order valence-corrected chi connectivity index (χ0v) is 32.9. The first kappa shape index (κ1) is 40.8. The van der Waals surface area contributed by atoms with E-state index < -0.39 is 35.6 Å². The lowest BCUT2D eigenvalue weighted by Crippen LogP contribution is -2.54. The summed E-state index contributed by atoms with van der Waals surface area (Å²) < 4.78 is 1.63. The van der Waals surface area contributed by atoms with Crippen LogP contribution in [0.4, 0.5) is 5.69 Å². The molecule has 4 N–H and O–H groups in total. The molecule has 2 aliphatic heterocycles. The number of nitrogens with zero attached hydrogens (tertiary/aromatic N) is 5. The summed E-state index contributed by atoms with van der Waals surface area (Å²) in [5.41, 5.74) is 9.68. The van der Waals surface area contributed by atoms with Gasteiger partial charge in [-0.05, 0) is 73.4 Å². The molecular weight excluding hydrogens is 745 g/mol. The van der Waals surface area contributed by atoms with Crippen LogP contribution in [0.2, 0.25) is 0 Å². The van der Waals surface area contributed by atoms with Gasteiger partial charge in [0.1, 0.15) is 6.04 Å². The average Bonchev–Trinajstić information content (AvgIpc) is 3.78. The molecular formula is C42H48N8O6S. The maximum Gasteiger partial charge on any atom is 0.262 e. The van der Waals surface area contributed by atoms with Crippen molar-refractivity contribution in [2.24, 2.45) is 5.73 Å². The van der Waals surface area contributed by atoms with Gasteiger partial charge in [0.2, 0.25) is 23.6 Å². The number of nitrogens with one attached hydrogen (secondary N) is 2. The van der Waals surface area contributed by atoms with Crippen molar-refractivity contribution in [2.75, 3.05) is 18.9 Å². The van der Waals surface area contributed by atoms with E-state index in [4.69, 9.17) is 5.73 Å². The minimum atomic E-state index is -0.972. The molecule has 2 aliphatic rings. The molecule has 3 heterocycles. The van der Waals surface area contributed by atoms with Crippen LogP contribution in [0.3, 0.4) is 0 Å². The Morgan fingerprint density at radius 3 is 2.40 bits per heavy atom. The maximum absolute atomic E-state index is 13.1. The number of primary amides is 1. The van der Waals surface area contributed by atoms with E-state index in [9.17, 15) is 28.8 Å². The highest BCUT2D eigenvalue weighted by molar-refractivity contribution is 7.98. The SMILES string of the molecule is CN(Cc1cccc(SCc2cn(-c3cccc(C(N)=O)c3)nn2)c1)C(=O)CCCCCCCCCCNc1ccc2c(c1)C(=O)N(C1CCC(=O)NC1=O)C2=O. The Hall–Kier alpha value is -5.83. The molecule has 3 aromatic carbocycles. The third kappa shape index (κ3) is 10.7. The van der Waals surface area contributed by atoms with Gasteiger partial charge in [0.05, 0.1) is 28.7 Å².